The van der Waals surface area contributed by atoms with E-state index in [0.717, 1.165) is 18.4 Å². The summed E-state index contributed by atoms with van der Waals surface area (Å²) in [7, 11) is 0. The molecule has 13 heavy (non-hydrogen) atoms. The molecule has 1 unspecified atom stereocenters. The van der Waals surface area contributed by atoms with Gasteiger partial charge in [-0.1, -0.05) is 12.8 Å². The van der Waals surface area contributed by atoms with Gasteiger partial charge in [-0.05, 0) is 38.0 Å². The molecule has 0 aromatic heterocycles. The summed E-state index contributed by atoms with van der Waals surface area (Å²) in [6.07, 6.45) is 9.22. The lowest BCUT2D eigenvalue weighted by Crippen LogP contribution is -2.38. The number of hydrogen-bond acceptors (Lipinski definition) is 2. The monoisotopic (exact) mass is 183 g/mol. The first-order chi connectivity index (χ1) is 6.40. The third-order valence-corrected chi connectivity index (χ3v) is 3.44. The van der Waals surface area contributed by atoms with Gasteiger partial charge in [0.2, 0.25) is 0 Å². The molecule has 2 aliphatic carbocycles. The molecule has 2 fully saturated rings. The first-order valence-corrected chi connectivity index (χ1v) is 5.77. The quantitative estimate of drug-likeness (QED) is 0.679. The summed E-state index contributed by atoms with van der Waals surface area (Å²) in [6.45, 7) is 0.348. The molecule has 2 aliphatic rings. The van der Waals surface area contributed by atoms with Gasteiger partial charge in [-0.15, -0.1) is 0 Å². The second kappa shape index (κ2) is 4.43. The molecule has 2 N–H and O–H groups in total. The van der Waals surface area contributed by atoms with Crippen LogP contribution in [0.3, 0.4) is 0 Å². The summed E-state index contributed by atoms with van der Waals surface area (Å²) in [4.78, 5) is 0. The lowest BCUT2D eigenvalue weighted by Gasteiger charge is -2.21. The molecule has 1 atom stereocenters. The molecule has 2 rings (SSSR count). The van der Waals surface area contributed by atoms with E-state index < -0.39 is 0 Å². The van der Waals surface area contributed by atoms with Crippen molar-refractivity contribution < 1.29 is 5.11 Å². The number of rotatable bonds is 5. The lowest BCUT2D eigenvalue weighted by atomic mass is 10.1. The highest BCUT2D eigenvalue weighted by Crippen LogP contribution is 2.35. The molecule has 0 aromatic carbocycles. The zero-order valence-corrected chi connectivity index (χ0v) is 8.34. The Morgan fingerprint density at radius 1 is 1.15 bits per heavy atom. The van der Waals surface area contributed by atoms with Gasteiger partial charge >= 0.3 is 0 Å². The van der Waals surface area contributed by atoms with Gasteiger partial charge in [-0.25, -0.2) is 0 Å². The van der Waals surface area contributed by atoms with Crippen LogP contribution in [0.1, 0.15) is 44.9 Å². The van der Waals surface area contributed by atoms with E-state index >= 15 is 0 Å². The maximum Gasteiger partial charge on any atom is 0.0445 e. The lowest BCUT2D eigenvalue weighted by molar-refractivity contribution is 0.248. The largest absolute Gasteiger partial charge is 0.396 e. The minimum atomic E-state index is 0.348. The van der Waals surface area contributed by atoms with Crippen molar-refractivity contribution in [3.63, 3.8) is 0 Å². The van der Waals surface area contributed by atoms with Gasteiger partial charge in [-0.3, -0.25) is 0 Å². The molecule has 0 aromatic rings. The maximum absolute atomic E-state index is 8.95. The smallest absolute Gasteiger partial charge is 0.0445 e. The number of hydrogen-bond donors (Lipinski definition) is 2. The first-order valence-electron chi connectivity index (χ1n) is 5.77. The summed E-state index contributed by atoms with van der Waals surface area (Å²) in [5, 5.41) is 12.7. The average molecular weight is 183 g/mol. The van der Waals surface area contributed by atoms with E-state index in [-0.39, 0.29) is 0 Å². The Hall–Kier alpha value is -0.0800. The Morgan fingerprint density at radius 2 is 1.85 bits per heavy atom. The Bertz CT molecular complexity index is 150. The van der Waals surface area contributed by atoms with Gasteiger partial charge in [0.05, 0.1) is 0 Å². The fourth-order valence-corrected chi connectivity index (χ4v) is 2.49. The number of aliphatic hydroxyl groups excluding tert-OH is 1. The number of aliphatic hydroxyl groups is 1. The van der Waals surface area contributed by atoms with Gasteiger partial charge < -0.3 is 10.4 Å². The molecule has 0 spiro atoms. The van der Waals surface area contributed by atoms with Crippen LogP contribution in [0, 0.1) is 5.92 Å². The predicted molar refractivity (Wildman–Crippen MR) is 53.6 cm³/mol. The molecule has 2 heteroatoms. The van der Waals surface area contributed by atoms with Crippen molar-refractivity contribution in [2.24, 2.45) is 5.92 Å². The van der Waals surface area contributed by atoms with Crippen LogP contribution in [0.15, 0.2) is 0 Å². The summed E-state index contributed by atoms with van der Waals surface area (Å²) in [5.41, 5.74) is 0. The molecular formula is C11H21NO. The highest BCUT2D eigenvalue weighted by molar-refractivity contribution is 4.89. The van der Waals surface area contributed by atoms with E-state index in [1.165, 1.54) is 38.5 Å². The third-order valence-electron chi connectivity index (χ3n) is 3.44. The van der Waals surface area contributed by atoms with Gasteiger partial charge in [-0.2, -0.15) is 0 Å². The summed E-state index contributed by atoms with van der Waals surface area (Å²) < 4.78 is 0. The van der Waals surface area contributed by atoms with Crippen molar-refractivity contribution in [3.8, 4) is 0 Å². The van der Waals surface area contributed by atoms with Crippen LogP contribution in [0.4, 0.5) is 0 Å². The maximum atomic E-state index is 8.95. The summed E-state index contributed by atoms with van der Waals surface area (Å²) in [6, 6.07) is 1.38. The molecule has 0 saturated heterocycles. The van der Waals surface area contributed by atoms with Crippen LogP contribution in [-0.2, 0) is 0 Å². The Balaban J connectivity index is 1.74. The second-order valence-electron chi connectivity index (χ2n) is 4.60. The van der Waals surface area contributed by atoms with E-state index in [9.17, 15) is 0 Å². The van der Waals surface area contributed by atoms with Crippen molar-refractivity contribution in [1.82, 2.24) is 5.32 Å². The van der Waals surface area contributed by atoms with Crippen LogP contribution >= 0.6 is 0 Å². The van der Waals surface area contributed by atoms with Gasteiger partial charge in [0.1, 0.15) is 0 Å². The van der Waals surface area contributed by atoms with Crippen LogP contribution in [0.2, 0.25) is 0 Å². The third kappa shape index (κ3) is 2.68. The molecule has 0 heterocycles. The van der Waals surface area contributed by atoms with Crippen LogP contribution < -0.4 is 5.32 Å². The summed E-state index contributed by atoms with van der Waals surface area (Å²) >= 11 is 0. The SMILES string of the molecule is OCCC(NC1CCCC1)C1CC1. The fourth-order valence-electron chi connectivity index (χ4n) is 2.49. The molecule has 2 nitrogen and oxygen atoms in total. The zero-order valence-electron chi connectivity index (χ0n) is 8.34. The van der Waals surface area contributed by atoms with Crippen molar-refractivity contribution in [1.29, 1.82) is 0 Å². The molecule has 0 amide bonds. The zero-order chi connectivity index (χ0) is 9.10. The highest BCUT2D eigenvalue weighted by Gasteiger charge is 2.32. The summed E-state index contributed by atoms with van der Waals surface area (Å²) in [5.74, 6) is 0.882. The standard InChI is InChI=1S/C11H21NO/c13-8-7-11(9-5-6-9)12-10-3-1-2-4-10/h9-13H,1-8H2. The second-order valence-corrected chi connectivity index (χ2v) is 4.60. The van der Waals surface area contributed by atoms with Gasteiger partial charge in [0, 0.05) is 18.7 Å². The normalized spacial score (nSPS) is 26.5. The molecule has 0 radical (unpaired) electrons. The van der Waals surface area contributed by atoms with Crippen molar-refractivity contribution >= 4 is 0 Å². The molecule has 2 saturated carbocycles. The van der Waals surface area contributed by atoms with E-state index in [4.69, 9.17) is 5.11 Å². The fraction of sp³-hybridized carbons (Fsp3) is 1.00. The first kappa shape index (κ1) is 9.47. The van der Waals surface area contributed by atoms with Crippen molar-refractivity contribution in [3.05, 3.63) is 0 Å². The predicted octanol–water partition coefficient (Wildman–Crippen LogP) is 1.68. The van der Waals surface area contributed by atoms with E-state index in [0.29, 0.717) is 12.6 Å². The highest BCUT2D eigenvalue weighted by atomic mass is 16.3. The Kier molecular flexibility index (Phi) is 3.23. The average Bonchev–Trinajstić information content (AvgIpc) is 2.85. The topological polar surface area (TPSA) is 32.3 Å². The molecule has 0 aliphatic heterocycles. The van der Waals surface area contributed by atoms with Crippen LogP contribution in [-0.4, -0.2) is 23.8 Å². The van der Waals surface area contributed by atoms with E-state index in [1.807, 2.05) is 0 Å². The Morgan fingerprint density at radius 3 is 2.38 bits per heavy atom. The minimum absolute atomic E-state index is 0.348. The van der Waals surface area contributed by atoms with E-state index in [1.54, 1.807) is 0 Å². The Labute approximate surface area is 80.7 Å². The van der Waals surface area contributed by atoms with Crippen LogP contribution in [0.5, 0.6) is 0 Å². The molecule has 76 valence electrons. The van der Waals surface area contributed by atoms with Gasteiger partial charge in [0.25, 0.3) is 0 Å². The van der Waals surface area contributed by atoms with Crippen molar-refractivity contribution in [2.75, 3.05) is 6.61 Å². The number of nitrogens with one attached hydrogen (secondary N) is 1. The van der Waals surface area contributed by atoms with Gasteiger partial charge in [0.15, 0.2) is 0 Å². The van der Waals surface area contributed by atoms with E-state index in [2.05, 4.69) is 5.32 Å². The van der Waals surface area contributed by atoms with Crippen LogP contribution in [0.25, 0.3) is 0 Å². The minimum Gasteiger partial charge on any atom is -0.396 e. The molecule has 0 bridgehead atoms. The molecular weight excluding hydrogens is 162 g/mol. The van der Waals surface area contributed by atoms with Crippen molar-refractivity contribution in [2.45, 2.75) is 57.0 Å².